The Morgan fingerprint density at radius 3 is 1.21 bits per heavy atom. The Morgan fingerprint density at radius 1 is 0.553 bits per heavy atom. The molecule has 0 aromatic heterocycles. The summed E-state index contributed by atoms with van der Waals surface area (Å²) in [7, 11) is 4.94. The standard InChI is InChI=1S/C32H54N2O4/c1-33(21-23-9-10-23)25-13-14-26(33)18-29(17-25)37-31(35)7-5-3-4-6-8-32(36)38-30-19-27-15-16-28(20-30)34(27,2)22-24-11-12-24/h23-30H,3-22H2,1-2H3/q+2. The smallest absolute Gasteiger partial charge is 0.306 e. The molecule has 38 heavy (non-hydrogen) atoms. The Morgan fingerprint density at radius 2 is 0.895 bits per heavy atom. The molecule has 6 fully saturated rings. The molecule has 0 aromatic rings. The maximum absolute atomic E-state index is 12.5. The number of ether oxygens (including phenoxy) is 2. The summed E-state index contributed by atoms with van der Waals surface area (Å²) >= 11 is 0. The molecular formula is C32H54N2O4+2. The van der Waals surface area contributed by atoms with Crippen molar-refractivity contribution >= 4 is 11.9 Å². The lowest BCUT2D eigenvalue weighted by Crippen LogP contribution is -2.59. The number of piperidine rings is 2. The number of hydrogen-bond acceptors (Lipinski definition) is 4. The van der Waals surface area contributed by atoms with Gasteiger partial charge in [0.2, 0.25) is 0 Å². The number of esters is 2. The highest BCUT2D eigenvalue weighted by Gasteiger charge is 2.55. The van der Waals surface area contributed by atoms with Crippen LogP contribution in [0.2, 0.25) is 0 Å². The van der Waals surface area contributed by atoms with Gasteiger partial charge in [-0.15, -0.1) is 0 Å². The van der Waals surface area contributed by atoms with Crippen LogP contribution in [0.1, 0.15) is 116 Å². The maximum Gasteiger partial charge on any atom is 0.306 e. The molecule has 4 heterocycles. The summed E-state index contributed by atoms with van der Waals surface area (Å²) in [6, 6.07) is 2.79. The van der Waals surface area contributed by atoms with E-state index in [-0.39, 0.29) is 24.1 Å². The minimum atomic E-state index is -0.00822. The molecule has 214 valence electrons. The third-order valence-electron chi connectivity index (χ3n) is 11.9. The Labute approximate surface area is 231 Å². The highest BCUT2D eigenvalue weighted by Crippen LogP contribution is 2.47. The lowest BCUT2D eigenvalue weighted by molar-refractivity contribution is -0.950. The lowest BCUT2D eigenvalue weighted by atomic mass is 9.96. The van der Waals surface area contributed by atoms with Crippen molar-refractivity contribution in [3.8, 4) is 0 Å². The van der Waals surface area contributed by atoms with Crippen LogP contribution in [0, 0.1) is 11.8 Å². The summed E-state index contributed by atoms with van der Waals surface area (Å²) in [5, 5.41) is 0. The number of unbranched alkanes of at least 4 members (excludes halogenated alkanes) is 3. The Kier molecular flexibility index (Phi) is 7.85. The monoisotopic (exact) mass is 530 g/mol. The molecule has 4 saturated heterocycles. The highest BCUT2D eigenvalue weighted by molar-refractivity contribution is 5.70. The lowest BCUT2D eigenvalue weighted by Gasteiger charge is -2.47. The molecular weight excluding hydrogens is 476 g/mol. The molecule has 6 heteroatoms. The SMILES string of the molecule is C[N+]1(CC2CC2)C2CCC1CC(OC(=O)CCCCCCC(=O)OC1CC3CCC(C1)[N+]3(C)CC1CC1)C2. The minimum Gasteiger partial charge on any atom is -0.462 e. The normalized spacial score (nSPS) is 41.7. The predicted molar refractivity (Wildman–Crippen MR) is 147 cm³/mol. The summed E-state index contributed by atoms with van der Waals surface area (Å²) in [5.74, 6) is 1.90. The van der Waals surface area contributed by atoms with Gasteiger partial charge in [-0.1, -0.05) is 12.8 Å². The van der Waals surface area contributed by atoms with Gasteiger partial charge in [0.15, 0.2) is 0 Å². The van der Waals surface area contributed by atoms with E-state index in [1.54, 1.807) is 0 Å². The van der Waals surface area contributed by atoms with Crippen molar-refractivity contribution in [2.75, 3.05) is 27.2 Å². The van der Waals surface area contributed by atoms with Crippen LogP contribution in [-0.4, -0.2) is 84.5 Å². The molecule has 2 saturated carbocycles. The quantitative estimate of drug-likeness (QED) is 0.179. The van der Waals surface area contributed by atoms with E-state index in [9.17, 15) is 9.59 Å². The largest absolute Gasteiger partial charge is 0.462 e. The fraction of sp³-hybridized carbons (Fsp3) is 0.938. The van der Waals surface area contributed by atoms with Gasteiger partial charge in [-0.2, -0.15) is 0 Å². The van der Waals surface area contributed by atoms with Gasteiger partial charge in [-0.25, -0.2) is 0 Å². The van der Waals surface area contributed by atoms with Gasteiger partial charge < -0.3 is 18.4 Å². The zero-order chi connectivity index (χ0) is 26.3. The van der Waals surface area contributed by atoms with Crippen LogP contribution >= 0.6 is 0 Å². The zero-order valence-electron chi connectivity index (χ0n) is 24.3. The summed E-state index contributed by atoms with van der Waals surface area (Å²) < 4.78 is 14.4. The molecule has 6 rings (SSSR count). The number of carbonyl (C=O) groups excluding carboxylic acids is 2. The van der Waals surface area contributed by atoms with Crippen LogP contribution in [0.15, 0.2) is 0 Å². The van der Waals surface area contributed by atoms with Crippen molar-refractivity contribution in [1.29, 1.82) is 0 Å². The first kappa shape index (κ1) is 27.1. The molecule has 0 amide bonds. The molecule has 6 nitrogen and oxygen atoms in total. The van der Waals surface area contributed by atoms with Crippen LogP contribution in [0.5, 0.6) is 0 Å². The van der Waals surface area contributed by atoms with Gasteiger partial charge in [0.25, 0.3) is 0 Å². The van der Waals surface area contributed by atoms with Crippen molar-refractivity contribution in [3.63, 3.8) is 0 Å². The first-order valence-electron chi connectivity index (χ1n) is 16.4. The summed E-state index contributed by atoms with van der Waals surface area (Å²) in [6.07, 6.45) is 20.2. The van der Waals surface area contributed by atoms with Crippen LogP contribution in [0.3, 0.4) is 0 Å². The number of quaternary nitrogens is 2. The molecule has 4 bridgehead atoms. The van der Waals surface area contributed by atoms with E-state index >= 15 is 0 Å². The second-order valence-electron chi connectivity index (χ2n) is 14.8. The average Bonchev–Trinajstić information content (AvgIpc) is 3.77. The van der Waals surface area contributed by atoms with Gasteiger partial charge in [0, 0.05) is 76.0 Å². The third-order valence-corrected chi connectivity index (χ3v) is 11.9. The van der Waals surface area contributed by atoms with E-state index in [1.807, 2.05) is 0 Å². The van der Waals surface area contributed by atoms with Crippen LogP contribution in [0.4, 0.5) is 0 Å². The summed E-state index contributed by atoms with van der Waals surface area (Å²) in [6.45, 7) is 2.70. The average molecular weight is 531 g/mol. The predicted octanol–water partition coefficient (Wildman–Crippen LogP) is 5.51. The fourth-order valence-electron chi connectivity index (χ4n) is 9.27. The van der Waals surface area contributed by atoms with Crippen molar-refractivity contribution in [2.24, 2.45) is 11.8 Å². The van der Waals surface area contributed by atoms with Crippen LogP contribution in [-0.2, 0) is 19.1 Å². The molecule has 4 atom stereocenters. The van der Waals surface area contributed by atoms with Crippen molar-refractivity contribution in [1.82, 2.24) is 0 Å². The molecule has 4 unspecified atom stereocenters. The second-order valence-corrected chi connectivity index (χ2v) is 14.8. The van der Waals surface area contributed by atoms with Gasteiger partial charge in [0.05, 0.1) is 51.4 Å². The Balaban J connectivity index is 0.820. The topological polar surface area (TPSA) is 52.6 Å². The van der Waals surface area contributed by atoms with E-state index in [1.165, 1.54) is 73.4 Å². The van der Waals surface area contributed by atoms with Crippen LogP contribution in [0.25, 0.3) is 0 Å². The van der Waals surface area contributed by atoms with Gasteiger partial charge in [-0.3, -0.25) is 9.59 Å². The number of hydrogen-bond donors (Lipinski definition) is 0. The van der Waals surface area contributed by atoms with Gasteiger partial charge in [-0.05, 0) is 38.5 Å². The maximum atomic E-state index is 12.5. The van der Waals surface area contributed by atoms with Gasteiger partial charge >= 0.3 is 11.9 Å². The fourth-order valence-corrected chi connectivity index (χ4v) is 9.27. The number of fused-ring (bicyclic) bond motifs is 4. The number of carbonyl (C=O) groups is 2. The molecule has 0 radical (unpaired) electrons. The molecule has 0 spiro atoms. The minimum absolute atomic E-state index is 0.00822. The number of rotatable bonds is 13. The Hall–Kier alpha value is -1.14. The van der Waals surface area contributed by atoms with Gasteiger partial charge in [0.1, 0.15) is 12.2 Å². The van der Waals surface area contributed by atoms with E-state index in [4.69, 9.17) is 9.47 Å². The number of nitrogens with zero attached hydrogens (tertiary/aromatic N) is 2. The van der Waals surface area contributed by atoms with E-state index in [2.05, 4.69) is 14.1 Å². The highest BCUT2D eigenvalue weighted by atomic mass is 16.5. The van der Waals surface area contributed by atoms with E-state index in [0.29, 0.717) is 37.0 Å². The molecule has 0 N–H and O–H groups in total. The van der Waals surface area contributed by atoms with Crippen molar-refractivity contribution in [2.45, 2.75) is 152 Å². The molecule has 6 aliphatic rings. The van der Waals surface area contributed by atoms with Crippen molar-refractivity contribution in [3.05, 3.63) is 0 Å². The molecule has 0 aromatic carbocycles. The van der Waals surface area contributed by atoms with Crippen molar-refractivity contribution < 1.29 is 28.0 Å². The first-order valence-corrected chi connectivity index (χ1v) is 16.4. The first-order chi connectivity index (χ1) is 18.3. The van der Waals surface area contributed by atoms with E-state index < -0.39 is 0 Å². The molecule has 4 aliphatic heterocycles. The zero-order valence-corrected chi connectivity index (χ0v) is 24.3. The Bertz CT molecular complexity index is 770. The second kappa shape index (κ2) is 11.0. The van der Waals surface area contributed by atoms with Crippen LogP contribution < -0.4 is 0 Å². The summed E-state index contributed by atoms with van der Waals surface area (Å²) in [5.41, 5.74) is 0. The van der Waals surface area contributed by atoms with E-state index in [0.717, 1.165) is 63.2 Å². The molecule has 2 aliphatic carbocycles. The third kappa shape index (κ3) is 5.96. The summed E-state index contributed by atoms with van der Waals surface area (Å²) in [4.78, 5) is 25.0.